The number of alkyl carbamates (subject to hydrolysis) is 1. The van der Waals surface area contributed by atoms with E-state index in [4.69, 9.17) is 4.74 Å². The van der Waals surface area contributed by atoms with Gasteiger partial charge in [0, 0.05) is 17.8 Å². The van der Waals surface area contributed by atoms with Crippen molar-refractivity contribution in [2.24, 2.45) is 0 Å². The summed E-state index contributed by atoms with van der Waals surface area (Å²) in [6, 6.07) is 3.67. The highest BCUT2D eigenvalue weighted by Crippen LogP contribution is 2.30. The van der Waals surface area contributed by atoms with Crippen LogP contribution >= 0.6 is 12.6 Å². The van der Waals surface area contributed by atoms with Crippen LogP contribution in [-0.2, 0) is 14.3 Å². The lowest BCUT2D eigenvalue weighted by Crippen LogP contribution is -2.56. The zero-order valence-corrected chi connectivity index (χ0v) is 23.1. The summed E-state index contributed by atoms with van der Waals surface area (Å²) in [5.41, 5.74) is 1.93. The Balaban J connectivity index is 3.47. The molecule has 192 valence electrons. The van der Waals surface area contributed by atoms with Crippen molar-refractivity contribution in [3.63, 3.8) is 0 Å². The third-order valence-electron chi connectivity index (χ3n) is 5.43. The third kappa shape index (κ3) is 8.53. The molecule has 3 amide bonds. The van der Waals surface area contributed by atoms with Crippen LogP contribution in [0.15, 0.2) is 18.2 Å². The molecule has 0 radical (unpaired) electrons. The van der Waals surface area contributed by atoms with Gasteiger partial charge in [-0.25, -0.2) is 4.79 Å². The highest BCUT2D eigenvalue weighted by molar-refractivity contribution is 7.80. The van der Waals surface area contributed by atoms with Crippen LogP contribution in [0.1, 0.15) is 84.0 Å². The van der Waals surface area contributed by atoms with E-state index < -0.39 is 23.8 Å². The molecule has 0 saturated heterocycles. The summed E-state index contributed by atoms with van der Waals surface area (Å²) in [6.07, 6.45) is 1.07. The SMILES string of the molecule is CCCC(C)NC(=O)C(c1c(C)cccc1C)N(C(=O)C(CS)NC(=O)OC(C)(C)C)C(C)C. The van der Waals surface area contributed by atoms with E-state index in [-0.39, 0.29) is 29.7 Å². The van der Waals surface area contributed by atoms with Gasteiger partial charge in [0.1, 0.15) is 17.7 Å². The fraction of sp³-hybridized carbons (Fsp3) is 0.654. The highest BCUT2D eigenvalue weighted by atomic mass is 32.1. The monoisotopic (exact) mass is 493 g/mol. The normalized spacial score (nSPS) is 14.2. The van der Waals surface area contributed by atoms with Crippen molar-refractivity contribution in [2.45, 2.75) is 105 Å². The maximum atomic E-state index is 13.8. The molecular formula is C26H43N3O4S. The smallest absolute Gasteiger partial charge is 0.408 e. The Labute approximate surface area is 210 Å². The number of nitrogens with zero attached hydrogens (tertiary/aromatic N) is 1. The number of carbonyl (C=O) groups is 3. The molecule has 1 aromatic rings. The van der Waals surface area contributed by atoms with Gasteiger partial charge in [-0.15, -0.1) is 0 Å². The summed E-state index contributed by atoms with van der Waals surface area (Å²) in [6.45, 7) is 16.9. The number of aryl methyl sites for hydroxylation is 2. The van der Waals surface area contributed by atoms with Crippen molar-refractivity contribution in [2.75, 3.05) is 5.75 Å². The summed E-state index contributed by atoms with van der Waals surface area (Å²) in [5.74, 6) is -0.563. The molecule has 1 rings (SSSR count). The predicted octanol–water partition coefficient (Wildman–Crippen LogP) is 4.71. The number of hydrogen-bond acceptors (Lipinski definition) is 5. The van der Waals surface area contributed by atoms with Gasteiger partial charge in [-0.1, -0.05) is 31.5 Å². The van der Waals surface area contributed by atoms with E-state index in [9.17, 15) is 14.4 Å². The Kier molecular flexibility index (Phi) is 11.4. The van der Waals surface area contributed by atoms with Gasteiger partial charge in [0.15, 0.2) is 0 Å². The quantitative estimate of drug-likeness (QED) is 0.412. The number of nitrogens with one attached hydrogen (secondary N) is 2. The van der Waals surface area contributed by atoms with Crippen LogP contribution in [0.25, 0.3) is 0 Å². The fourth-order valence-corrected chi connectivity index (χ4v) is 4.22. The molecule has 0 saturated carbocycles. The van der Waals surface area contributed by atoms with E-state index in [0.29, 0.717) is 0 Å². The van der Waals surface area contributed by atoms with E-state index in [1.165, 1.54) is 0 Å². The number of thiol groups is 1. The van der Waals surface area contributed by atoms with Crippen molar-refractivity contribution in [3.05, 3.63) is 34.9 Å². The molecule has 0 aliphatic carbocycles. The Bertz CT molecular complexity index is 831. The van der Waals surface area contributed by atoms with Crippen LogP contribution in [-0.4, -0.2) is 52.3 Å². The van der Waals surface area contributed by atoms with Crippen LogP contribution in [0.5, 0.6) is 0 Å². The van der Waals surface area contributed by atoms with Gasteiger partial charge in [-0.2, -0.15) is 12.6 Å². The second-order valence-corrected chi connectivity index (χ2v) is 10.5. The van der Waals surface area contributed by atoms with Gasteiger partial charge >= 0.3 is 6.09 Å². The van der Waals surface area contributed by atoms with E-state index >= 15 is 0 Å². The molecule has 2 N–H and O–H groups in total. The van der Waals surface area contributed by atoms with E-state index in [0.717, 1.165) is 29.5 Å². The number of amides is 3. The first kappa shape index (κ1) is 29.8. The van der Waals surface area contributed by atoms with E-state index in [1.54, 1.807) is 25.7 Å². The number of carbonyl (C=O) groups excluding carboxylic acids is 3. The van der Waals surface area contributed by atoms with Gasteiger partial charge in [-0.3, -0.25) is 9.59 Å². The summed E-state index contributed by atoms with van der Waals surface area (Å²) >= 11 is 4.32. The van der Waals surface area contributed by atoms with Crippen molar-refractivity contribution in [1.29, 1.82) is 0 Å². The molecule has 0 fully saturated rings. The summed E-state index contributed by atoms with van der Waals surface area (Å²) in [4.78, 5) is 41.4. The second kappa shape index (κ2) is 13.0. The minimum Gasteiger partial charge on any atom is -0.444 e. The van der Waals surface area contributed by atoms with Crippen LogP contribution in [0, 0.1) is 13.8 Å². The Morgan fingerprint density at radius 1 is 1.06 bits per heavy atom. The van der Waals surface area contributed by atoms with Gasteiger partial charge in [0.05, 0.1) is 0 Å². The maximum Gasteiger partial charge on any atom is 0.408 e. The van der Waals surface area contributed by atoms with Crippen LogP contribution in [0.4, 0.5) is 4.79 Å². The van der Waals surface area contributed by atoms with E-state index in [2.05, 4.69) is 30.2 Å². The number of rotatable bonds is 10. The van der Waals surface area contributed by atoms with Crippen molar-refractivity contribution >= 4 is 30.5 Å². The molecule has 3 atom stereocenters. The van der Waals surface area contributed by atoms with Crippen LogP contribution < -0.4 is 10.6 Å². The molecule has 8 heteroatoms. The molecule has 1 aromatic carbocycles. The highest BCUT2D eigenvalue weighted by Gasteiger charge is 2.38. The molecular weight excluding hydrogens is 450 g/mol. The lowest BCUT2D eigenvalue weighted by atomic mass is 9.92. The predicted molar refractivity (Wildman–Crippen MR) is 140 cm³/mol. The van der Waals surface area contributed by atoms with E-state index in [1.807, 2.05) is 52.8 Å². The lowest BCUT2D eigenvalue weighted by Gasteiger charge is -2.38. The van der Waals surface area contributed by atoms with Gasteiger partial charge < -0.3 is 20.3 Å². The standard InChI is InChI=1S/C26H43N3O4S/c1-10-12-19(6)27-23(30)22(21-17(4)13-11-14-18(21)5)29(16(2)3)24(31)20(15-34)28-25(32)33-26(7,8)9/h11,13-14,16,19-20,22,34H,10,12,15H2,1-9H3,(H,27,30)(H,28,32). The van der Waals surface area contributed by atoms with Crippen molar-refractivity contribution < 1.29 is 19.1 Å². The molecule has 0 aromatic heterocycles. The fourth-order valence-electron chi connectivity index (χ4n) is 3.98. The molecule has 0 bridgehead atoms. The Hall–Kier alpha value is -2.22. The molecule has 0 spiro atoms. The van der Waals surface area contributed by atoms with Crippen LogP contribution in [0.3, 0.4) is 0 Å². The topological polar surface area (TPSA) is 87.7 Å². The zero-order valence-electron chi connectivity index (χ0n) is 22.2. The molecule has 34 heavy (non-hydrogen) atoms. The maximum absolute atomic E-state index is 13.8. The average molecular weight is 494 g/mol. The average Bonchev–Trinajstić information content (AvgIpc) is 2.69. The molecule has 3 unspecified atom stereocenters. The Morgan fingerprint density at radius 2 is 1.62 bits per heavy atom. The van der Waals surface area contributed by atoms with Gasteiger partial charge in [-0.05, 0) is 78.5 Å². The molecule has 0 heterocycles. The van der Waals surface area contributed by atoms with Gasteiger partial charge in [0.25, 0.3) is 0 Å². The van der Waals surface area contributed by atoms with Crippen molar-refractivity contribution in [1.82, 2.24) is 15.5 Å². The second-order valence-electron chi connectivity index (χ2n) is 10.1. The first-order valence-electron chi connectivity index (χ1n) is 12.0. The number of ether oxygens (including phenoxy) is 1. The summed E-state index contributed by atoms with van der Waals surface area (Å²) in [7, 11) is 0. The Morgan fingerprint density at radius 3 is 2.06 bits per heavy atom. The first-order valence-corrected chi connectivity index (χ1v) is 12.7. The zero-order chi connectivity index (χ0) is 26.2. The number of hydrogen-bond donors (Lipinski definition) is 3. The summed E-state index contributed by atoms with van der Waals surface area (Å²) in [5, 5.41) is 5.72. The molecule has 0 aliphatic heterocycles. The summed E-state index contributed by atoms with van der Waals surface area (Å²) < 4.78 is 5.34. The molecule has 7 nitrogen and oxygen atoms in total. The first-order chi connectivity index (χ1) is 15.7. The number of benzene rings is 1. The van der Waals surface area contributed by atoms with Gasteiger partial charge in [0.2, 0.25) is 11.8 Å². The lowest BCUT2D eigenvalue weighted by molar-refractivity contribution is -0.144. The van der Waals surface area contributed by atoms with Crippen LogP contribution in [0.2, 0.25) is 0 Å². The largest absolute Gasteiger partial charge is 0.444 e. The molecule has 0 aliphatic rings. The third-order valence-corrected chi connectivity index (χ3v) is 5.80. The minimum absolute atomic E-state index is 0.0333. The minimum atomic E-state index is -0.951. The van der Waals surface area contributed by atoms with Crippen molar-refractivity contribution in [3.8, 4) is 0 Å².